The van der Waals surface area contributed by atoms with Crippen molar-refractivity contribution in [3.8, 4) is 5.75 Å². The van der Waals surface area contributed by atoms with Crippen LogP contribution in [0.5, 0.6) is 5.75 Å². The molecule has 0 saturated carbocycles. The summed E-state index contributed by atoms with van der Waals surface area (Å²) in [5.74, 6) is 5.10. The molecule has 1 heterocycles. The van der Waals surface area contributed by atoms with Crippen molar-refractivity contribution < 1.29 is 22.3 Å². The summed E-state index contributed by atoms with van der Waals surface area (Å²) in [5, 5.41) is 3.36. The summed E-state index contributed by atoms with van der Waals surface area (Å²) in [7, 11) is 0. The van der Waals surface area contributed by atoms with Gasteiger partial charge in [0.05, 0.1) is 11.6 Å². The Kier molecular flexibility index (Phi) is 5.99. The van der Waals surface area contributed by atoms with Gasteiger partial charge in [0.15, 0.2) is 0 Å². The van der Waals surface area contributed by atoms with Crippen molar-refractivity contribution in [1.82, 2.24) is 4.90 Å². The maximum Gasteiger partial charge on any atom is 0.573 e. The lowest BCUT2D eigenvalue weighted by molar-refractivity contribution is -0.274. The van der Waals surface area contributed by atoms with Crippen LogP contribution in [0.15, 0.2) is 29.4 Å². The number of alkyl halides is 4. The predicted molar refractivity (Wildman–Crippen MR) is 87.6 cm³/mol. The second-order valence-corrected chi connectivity index (χ2v) is 5.87. The van der Waals surface area contributed by atoms with Crippen LogP contribution in [-0.4, -0.2) is 36.4 Å². The number of rotatable bonds is 3. The lowest BCUT2D eigenvalue weighted by atomic mass is 10.1. The molecule has 0 amide bonds. The molecule has 0 radical (unpaired) electrons. The molecule has 0 aromatic heterocycles. The Labute approximate surface area is 146 Å². The van der Waals surface area contributed by atoms with E-state index in [4.69, 9.17) is 23.2 Å². The molecule has 0 spiro atoms. The highest BCUT2D eigenvalue weighted by atomic mass is 35.5. The largest absolute Gasteiger partial charge is 0.573 e. The van der Waals surface area contributed by atoms with Crippen LogP contribution in [0.25, 0.3) is 5.70 Å². The maximum absolute atomic E-state index is 13.5. The fourth-order valence-electron chi connectivity index (χ4n) is 2.45. The van der Waals surface area contributed by atoms with Gasteiger partial charge in [0.2, 0.25) is 0 Å². The molecule has 1 atom stereocenters. The van der Waals surface area contributed by atoms with Crippen LogP contribution in [0.4, 0.5) is 17.6 Å². The number of amidine groups is 1. The van der Waals surface area contributed by atoms with Gasteiger partial charge in [0.25, 0.3) is 0 Å². The topological polar surface area (TPSA) is 76.9 Å². The molecular weight excluding hydrogens is 364 g/mol. The number of hydrogen-bond acceptors (Lipinski definition) is 4. The van der Waals surface area contributed by atoms with Gasteiger partial charge in [-0.15, -0.1) is 13.2 Å². The standard InChI is InChI=1S/C15H17ClF4N4O/c16-11-6-9(3-4-13(11)25-15(18,19)20)12(21)7-14(23-22)24-5-1-2-10(17)8-24/h3-4,6-7,10H,1-2,5,8,21-22H2/t10-/m1/s1. The van der Waals surface area contributed by atoms with Crippen molar-refractivity contribution in [2.45, 2.75) is 25.4 Å². The fourth-order valence-corrected chi connectivity index (χ4v) is 2.67. The highest BCUT2D eigenvalue weighted by Gasteiger charge is 2.32. The van der Waals surface area contributed by atoms with E-state index in [0.717, 1.165) is 6.07 Å². The molecule has 0 aliphatic carbocycles. The zero-order chi connectivity index (χ0) is 18.6. The van der Waals surface area contributed by atoms with Crippen molar-refractivity contribution in [2.75, 3.05) is 13.1 Å². The first kappa shape index (κ1) is 19.2. The molecule has 10 heteroatoms. The Morgan fingerprint density at radius 3 is 2.68 bits per heavy atom. The number of nitrogens with two attached hydrogens (primary N) is 2. The van der Waals surface area contributed by atoms with Gasteiger partial charge in [0, 0.05) is 18.3 Å². The van der Waals surface area contributed by atoms with Crippen molar-refractivity contribution in [3.63, 3.8) is 0 Å². The maximum atomic E-state index is 13.5. The molecule has 1 fully saturated rings. The molecule has 5 nitrogen and oxygen atoms in total. The van der Waals surface area contributed by atoms with Crippen molar-refractivity contribution >= 4 is 23.1 Å². The number of nitrogens with zero attached hydrogens (tertiary/aromatic N) is 2. The SMILES string of the molecule is NN=C(C=C(N)c1ccc(OC(F)(F)F)c(Cl)c1)N1CCC[C@@H](F)C1. The summed E-state index contributed by atoms with van der Waals surface area (Å²) in [4.78, 5) is 1.66. The third-order valence-corrected chi connectivity index (χ3v) is 3.89. The summed E-state index contributed by atoms with van der Waals surface area (Å²) in [6.07, 6.45) is -3.27. The van der Waals surface area contributed by atoms with Crippen molar-refractivity contribution in [3.05, 3.63) is 34.9 Å². The lowest BCUT2D eigenvalue weighted by Gasteiger charge is -2.30. The fraction of sp³-hybridized carbons (Fsp3) is 0.400. The summed E-state index contributed by atoms with van der Waals surface area (Å²) in [6.45, 7) is 0.734. The molecular formula is C15H17ClF4N4O. The van der Waals surface area contributed by atoms with Gasteiger partial charge >= 0.3 is 6.36 Å². The number of likely N-dealkylation sites (tertiary alicyclic amines) is 1. The Hall–Kier alpha value is -2.16. The highest BCUT2D eigenvalue weighted by molar-refractivity contribution is 6.32. The first-order valence-electron chi connectivity index (χ1n) is 7.39. The van der Waals surface area contributed by atoms with Crippen LogP contribution < -0.4 is 16.3 Å². The van der Waals surface area contributed by atoms with E-state index in [-0.39, 0.29) is 23.1 Å². The molecule has 1 aliphatic heterocycles. The van der Waals surface area contributed by atoms with Crippen LogP contribution in [0, 0.1) is 0 Å². The molecule has 0 bridgehead atoms. The van der Waals surface area contributed by atoms with E-state index in [2.05, 4.69) is 9.84 Å². The Balaban J connectivity index is 2.19. The average Bonchev–Trinajstić information content (AvgIpc) is 2.53. The van der Waals surface area contributed by atoms with E-state index in [1.165, 1.54) is 18.2 Å². The van der Waals surface area contributed by atoms with Crippen LogP contribution in [-0.2, 0) is 0 Å². The van der Waals surface area contributed by atoms with Gasteiger partial charge in [-0.2, -0.15) is 5.10 Å². The van der Waals surface area contributed by atoms with Gasteiger partial charge in [-0.05, 0) is 36.6 Å². The summed E-state index contributed by atoms with van der Waals surface area (Å²) in [6, 6.07) is 3.61. The smallest absolute Gasteiger partial charge is 0.404 e. The van der Waals surface area contributed by atoms with Crippen molar-refractivity contribution in [2.24, 2.45) is 16.7 Å². The van der Waals surface area contributed by atoms with Crippen LogP contribution in [0.1, 0.15) is 18.4 Å². The Morgan fingerprint density at radius 2 is 2.12 bits per heavy atom. The van der Waals surface area contributed by atoms with Crippen LogP contribution >= 0.6 is 11.6 Å². The average molecular weight is 381 g/mol. The second-order valence-electron chi connectivity index (χ2n) is 5.47. The molecule has 1 aliphatic rings. The quantitative estimate of drug-likeness (QED) is 0.277. The van der Waals surface area contributed by atoms with Gasteiger partial charge in [-0.25, -0.2) is 4.39 Å². The molecule has 1 aromatic rings. The van der Waals surface area contributed by atoms with E-state index in [9.17, 15) is 17.6 Å². The lowest BCUT2D eigenvalue weighted by Crippen LogP contribution is -2.40. The predicted octanol–water partition coefficient (Wildman–Crippen LogP) is 3.24. The molecule has 138 valence electrons. The first-order chi connectivity index (χ1) is 11.7. The van der Waals surface area contributed by atoms with E-state index < -0.39 is 18.3 Å². The zero-order valence-corrected chi connectivity index (χ0v) is 13.8. The molecule has 0 unspecified atom stereocenters. The molecule has 2 rings (SSSR count). The summed E-state index contributed by atoms with van der Waals surface area (Å²) < 4.78 is 54.1. The van der Waals surface area contributed by atoms with E-state index in [1.807, 2.05) is 0 Å². The van der Waals surface area contributed by atoms with E-state index in [1.54, 1.807) is 4.90 Å². The summed E-state index contributed by atoms with van der Waals surface area (Å²) in [5.41, 5.74) is 6.47. The number of benzene rings is 1. The number of piperidine rings is 1. The van der Waals surface area contributed by atoms with Gasteiger partial charge in [-0.3, -0.25) is 0 Å². The minimum Gasteiger partial charge on any atom is -0.404 e. The molecule has 1 saturated heterocycles. The number of halogens is 5. The van der Waals surface area contributed by atoms with Gasteiger partial charge < -0.3 is 21.2 Å². The zero-order valence-electron chi connectivity index (χ0n) is 13.1. The minimum absolute atomic E-state index is 0.152. The molecule has 1 aromatic carbocycles. The van der Waals surface area contributed by atoms with Gasteiger partial charge in [-0.1, -0.05) is 11.6 Å². The van der Waals surface area contributed by atoms with E-state index >= 15 is 0 Å². The monoisotopic (exact) mass is 380 g/mol. The van der Waals surface area contributed by atoms with Crippen LogP contribution in [0.3, 0.4) is 0 Å². The highest BCUT2D eigenvalue weighted by Crippen LogP contribution is 2.31. The number of hydrogen-bond donors (Lipinski definition) is 2. The second kappa shape index (κ2) is 7.81. The summed E-state index contributed by atoms with van der Waals surface area (Å²) >= 11 is 5.80. The third-order valence-electron chi connectivity index (χ3n) is 3.60. The number of hydrazone groups is 1. The van der Waals surface area contributed by atoms with E-state index in [0.29, 0.717) is 24.9 Å². The number of ether oxygens (including phenoxy) is 1. The first-order valence-corrected chi connectivity index (χ1v) is 7.77. The van der Waals surface area contributed by atoms with Crippen molar-refractivity contribution in [1.29, 1.82) is 0 Å². The molecule has 4 N–H and O–H groups in total. The Bertz CT molecular complexity index is 678. The Morgan fingerprint density at radius 1 is 1.40 bits per heavy atom. The molecule has 25 heavy (non-hydrogen) atoms. The third kappa shape index (κ3) is 5.42. The van der Waals surface area contributed by atoms with Gasteiger partial charge in [0.1, 0.15) is 17.8 Å². The normalized spacial score (nSPS) is 19.9. The van der Waals surface area contributed by atoms with Crippen LogP contribution in [0.2, 0.25) is 5.02 Å². The minimum atomic E-state index is -4.84.